The standard InChI is InChI=1S/C12H21NO2/c1-3-5-8-13-9-6-7-12(4-2,10-13)11(14)15/h3H,1,4-10H2,2H3,(H,14,15). The number of carboxylic acid groups (broad SMARTS) is 1. The van der Waals surface area contributed by atoms with Gasteiger partial charge in [-0.15, -0.1) is 6.58 Å². The first-order valence-electron chi connectivity index (χ1n) is 5.71. The lowest BCUT2D eigenvalue weighted by Gasteiger charge is -2.39. The zero-order valence-corrected chi connectivity index (χ0v) is 9.54. The number of carbonyl (C=O) groups is 1. The van der Waals surface area contributed by atoms with Gasteiger partial charge >= 0.3 is 5.97 Å². The van der Waals surface area contributed by atoms with Gasteiger partial charge in [0.15, 0.2) is 0 Å². The fraction of sp³-hybridized carbons (Fsp3) is 0.750. The van der Waals surface area contributed by atoms with Crippen LogP contribution in [0.3, 0.4) is 0 Å². The second-order valence-electron chi connectivity index (χ2n) is 4.40. The first-order chi connectivity index (χ1) is 7.14. The lowest BCUT2D eigenvalue weighted by Crippen LogP contribution is -2.47. The molecule has 0 aromatic rings. The summed E-state index contributed by atoms with van der Waals surface area (Å²) in [7, 11) is 0. The van der Waals surface area contributed by atoms with Crippen molar-refractivity contribution < 1.29 is 9.90 Å². The van der Waals surface area contributed by atoms with Gasteiger partial charge < -0.3 is 10.0 Å². The van der Waals surface area contributed by atoms with Gasteiger partial charge in [0.2, 0.25) is 0 Å². The fourth-order valence-corrected chi connectivity index (χ4v) is 2.31. The van der Waals surface area contributed by atoms with Crippen LogP contribution >= 0.6 is 0 Å². The Morgan fingerprint density at radius 3 is 2.93 bits per heavy atom. The monoisotopic (exact) mass is 211 g/mol. The average Bonchev–Trinajstić information content (AvgIpc) is 2.26. The van der Waals surface area contributed by atoms with E-state index in [0.29, 0.717) is 6.54 Å². The van der Waals surface area contributed by atoms with Gasteiger partial charge in [-0.05, 0) is 32.2 Å². The highest BCUT2D eigenvalue weighted by atomic mass is 16.4. The zero-order chi connectivity index (χ0) is 11.3. The Morgan fingerprint density at radius 1 is 1.67 bits per heavy atom. The van der Waals surface area contributed by atoms with Crippen molar-refractivity contribution in [1.29, 1.82) is 0 Å². The van der Waals surface area contributed by atoms with Crippen molar-refractivity contribution >= 4 is 5.97 Å². The van der Waals surface area contributed by atoms with Crippen LogP contribution in [0.4, 0.5) is 0 Å². The molecule has 0 aliphatic carbocycles. The molecule has 1 atom stereocenters. The number of piperidine rings is 1. The summed E-state index contributed by atoms with van der Waals surface area (Å²) in [5.74, 6) is -0.631. The Balaban J connectivity index is 2.60. The molecule has 0 amide bonds. The van der Waals surface area contributed by atoms with Gasteiger partial charge in [-0.1, -0.05) is 13.0 Å². The van der Waals surface area contributed by atoms with Crippen LogP contribution in [-0.2, 0) is 4.79 Å². The van der Waals surface area contributed by atoms with E-state index in [4.69, 9.17) is 0 Å². The Morgan fingerprint density at radius 2 is 2.40 bits per heavy atom. The largest absolute Gasteiger partial charge is 0.481 e. The van der Waals surface area contributed by atoms with Crippen molar-refractivity contribution in [2.45, 2.75) is 32.6 Å². The number of hydrogen-bond acceptors (Lipinski definition) is 2. The summed E-state index contributed by atoms with van der Waals surface area (Å²) in [6, 6.07) is 0. The van der Waals surface area contributed by atoms with E-state index in [-0.39, 0.29) is 0 Å². The molecule has 0 bridgehead atoms. The number of likely N-dealkylation sites (tertiary alicyclic amines) is 1. The van der Waals surface area contributed by atoms with Crippen LogP contribution in [0.1, 0.15) is 32.6 Å². The van der Waals surface area contributed by atoms with E-state index in [1.165, 1.54) is 0 Å². The Kier molecular flexibility index (Phi) is 4.33. The Hall–Kier alpha value is -0.830. The summed E-state index contributed by atoms with van der Waals surface area (Å²) < 4.78 is 0. The molecule has 3 nitrogen and oxygen atoms in total. The average molecular weight is 211 g/mol. The second-order valence-corrected chi connectivity index (χ2v) is 4.40. The number of aliphatic carboxylic acids is 1. The van der Waals surface area contributed by atoms with Crippen molar-refractivity contribution in [3.05, 3.63) is 12.7 Å². The van der Waals surface area contributed by atoms with Gasteiger partial charge in [-0.2, -0.15) is 0 Å². The van der Waals surface area contributed by atoms with Gasteiger partial charge in [-0.25, -0.2) is 0 Å². The number of hydrogen-bond donors (Lipinski definition) is 1. The summed E-state index contributed by atoms with van der Waals surface area (Å²) in [5.41, 5.74) is -0.501. The molecule has 1 aliphatic rings. The van der Waals surface area contributed by atoms with Crippen LogP contribution in [0.15, 0.2) is 12.7 Å². The van der Waals surface area contributed by atoms with Gasteiger partial charge in [0.05, 0.1) is 5.41 Å². The maximum absolute atomic E-state index is 11.3. The van der Waals surface area contributed by atoms with E-state index in [2.05, 4.69) is 11.5 Å². The lowest BCUT2D eigenvalue weighted by molar-refractivity contribution is -0.152. The summed E-state index contributed by atoms with van der Waals surface area (Å²) >= 11 is 0. The van der Waals surface area contributed by atoms with Crippen LogP contribution < -0.4 is 0 Å². The van der Waals surface area contributed by atoms with Crippen molar-refractivity contribution in [3.63, 3.8) is 0 Å². The maximum atomic E-state index is 11.3. The molecule has 0 spiro atoms. The minimum Gasteiger partial charge on any atom is -0.481 e. The molecular weight excluding hydrogens is 190 g/mol. The smallest absolute Gasteiger partial charge is 0.310 e. The normalized spacial score (nSPS) is 27.5. The molecule has 0 saturated carbocycles. The number of nitrogens with zero attached hydrogens (tertiary/aromatic N) is 1. The molecule has 1 heterocycles. The zero-order valence-electron chi connectivity index (χ0n) is 9.54. The topological polar surface area (TPSA) is 40.5 Å². The minimum atomic E-state index is -0.631. The third kappa shape index (κ3) is 2.81. The third-order valence-corrected chi connectivity index (χ3v) is 3.44. The molecule has 0 aromatic carbocycles. The highest BCUT2D eigenvalue weighted by Gasteiger charge is 2.40. The van der Waals surface area contributed by atoms with Crippen LogP contribution in [-0.4, -0.2) is 35.6 Å². The Bertz CT molecular complexity index is 240. The summed E-state index contributed by atoms with van der Waals surface area (Å²) in [6.45, 7) is 8.35. The SMILES string of the molecule is C=CCCN1CCCC(CC)(C(=O)O)C1. The molecule has 1 N–H and O–H groups in total. The van der Waals surface area contributed by atoms with E-state index < -0.39 is 11.4 Å². The molecule has 15 heavy (non-hydrogen) atoms. The van der Waals surface area contributed by atoms with Gasteiger partial charge in [0.1, 0.15) is 0 Å². The first-order valence-corrected chi connectivity index (χ1v) is 5.71. The van der Waals surface area contributed by atoms with Crippen molar-refractivity contribution in [3.8, 4) is 0 Å². The second kappa shape index (κ2) is 5.31. The molecule has 1 rings (SSSR count). The molecule has 1 aliphatic heterocycles. The third-order valence-electron chi connectivity index (χ3n) is 3.44. The van der Waals surface area contributed by atoms with Crippen LogP contribution in [0.2, 0.25) is 0 Å². The molecule has 0 aromatic heterocycles. The van der Waals surface area contributed by atoms with Crippen molar-refractivity contribution in [2.75, 3.05) is 19.6 Å². The highest BCUT2D eigenvalue weighted by Crippen LogP contribution is 2.33. The van der Waals surface area contributed by atoms with E-state index in [0.717, 1.165) is 38.8 Å². The van der Waals surface area contributed by atoms with Crippen molar-refractivity contribution in [2.24, 2.45) is 5.41 Å². The van der Waals surface area contributed by atoms with Gasteiger partial charge in [0.25, 0.3) is 0 Å². The predicted molar refractivity (Wildman–Crippen MR) is 60.8 cm³/mol. The fourth-order valence-electron chi connectivity index (χ4n) is 2.31. The van der Waals surface area contributed by atoms with Crippen LogP contribution in [0.25, 0.3) is 0 Å². The molecule has 1 fully saturated rings. The number of rotatable bonds is 5. The molecule has 3 heteroatoms. The maximum Gasteiger partial charge on any atom is 0.310 e. The van der Waals surface area contributed by atoms with Crippen LogP contribution in [0.5, 0.6) is 0 Å². The van der Waals surface area contributed by atoms with Gasteiger partial charge in [0, 0.05) is 13.1 Å². The lowest BCUT2D eigenvalue weighted by atomic mass is 9.77. The molecule has 1 unspecified atom stereocenters. The molecular formula is C12H21NO2. The van der Waals surface area contributed by atoms with E-state index >= 15 is 0 Å². The van der Waals surface area contributed by atoms with Crippen molar-refractivity contribution in [1.82, 2.24) is 4.90 Å². The number of carboxylic acids is 1. The molecule has 86 valence electrons. The first kappa shape index (κ1) is 12.2. The summed E-state index contributed by atoms with van der Waals surface area (Å²) in [4.78, 5) is 13.5. The minimum absolute atomic E-state index is 0.501. The molecule has 0 radical (unpaired) electrons. The summed E-state index contributed by atoms with van der Waals surface area (Å²) in [5, 5.41) is 9.29. The molecule has 1 saturated heterocycles. The Labute approximate surface area is 91.8 Å². The highest BCUT2D eigenvalue weighted by molar-refractivity contribution is 5.75. The van der Waals surface area contributed by atoms with Gasteiger partial charge in [-0.3, -0.25) is 4.79 Å². The van der Waals surface area contributed by atoms with E-state index in [1.807, 2.05) is 13.0 Å². The predicted octanol–water partition coefficient (Wildman–Crippen LogP) is 2.14. The van der Waals surface area contributed by atoms with Crippen LogP contribution in [0, 0.1) is 5.41 Å². The van der Waals surface area contributed by atoms with E-state index in [9.17, 15) is 9.90 Å². The van der Waals surface area contributed by atoms with E-state index in [1.54, 1.807) is 0 Å². The quantitative estimate of drug-likeness (QED) is 0.708. The summed E-state index contributed by atoms with van der Waals surface area (Å²) in [6.07, 6.45) is 5.38.